The molecule has 0 unspecified atom stereocenters. The lowest BCUT2D eigenvalue weighted by Crippen LogP contribution is -2.18. The monoisotopic (exact) mass is 346 g/mol. The van der Waals surface area contributed by atoms with Gasteiger partial charge < -0.3 is 15.3 Å². The van der Waals surface area contributed by atoms with Gasteiger partial charge in [0.2, 0.25) is 5.88 Å². The Kier molecular flexibility index (Phi) is 4.95. The summed E-state index contributed by atoms with van der Waals surface area (Å²) in [5.74, 6) is -2.17. The van der Waals surface area contributed by atoms with Gasteiger partial charge >= 0.3 is 5.97 Å². The maximum atomic E-state index is 11.9. The van der Waals surface area contributed by atoms with E-state index in [2.05, 4.69) is 16.6 Å². The zero-order valence-corrected chi connectivity index (χ0v) is 13.0. The van der Waals surface area contributed by atoms with Crippen LogP contribution in [-0.4, -0.2) is 31.9 Å². The summed E-state index contributed by atoms with van der Waals surface area (Å²) in [5, 5.41) is 30.8. The fourth-order valence-corrected chi connectivity index (χ4v) is 2.13. The molecule has 0 saturated heterocycles. The lowest BCUT2D eigenvalue weighted by Gasteiger charge is -2.11. The average Bonchev–Trinajstić information content (AvgIpc) is 2.52. The molecule has 1 aromatic heterocycles. The number of aromatic amines is 1. The normalized spacial score (nSPS) is 10.8. The van der Waals surface area contributed by atoms with Gasteiger partial charge in [0.25, 0.3) is 5.56 Å². The number of carbonyl (C=O) groups is 1. The molecule has 0 atom stereocenters. The average molecular weight is 346 g/mol. The summed E-state index contributed by atoms with van der Waals surface area (Å²) >= 11 is 4.94. The summed E-state index contributed by atoms with van der Waals surface area (Å²) in [6.07, 6.45) is 2.45. The van der Waals surface area contributed by atoms with Gasteiger partial charge in [-0.25, -0.2) is 4.79 Å². The molecule has 24 heavy (non-hydrogen) atoms. The molecular formula is C15H12N3O5S-. The van der Waals surface area contributed by atoms with Crippen LogP contribution in [-0.2, 0) is 6.54 Å². The summed E-state index contributed by atoms with van der Waals surface area (Å²) in [5.41, 5.74) is -1.21. The van der Waals surface area contributed by atoms with Crippen molar-refractivity contribution in [3.05, 3.63) is 57.1 Å². The highest BCUT2D eigenvalue weighted by Crippen LogP contribution is 2.25. The fourth-order valence-electron chi connectivity index (χ4n) is 1.88. The van der Waals surface area contributed by atoms with Gasteiger partial charge in [-0.15, -0.1) is 6.58 Å². The lowest BCUT2D eigenvalue weighted by atomic mass is 10.2. The van der Waals surface area contributed by atoms with Crippen molar-refractivity contribution in [3.63, 3.8) is 0 Å². The largest absolute Gasteiger partial charge is 0.871 e. The van der Waals surface area contributed by atoms with E-state index in [9.17, 15) is 19.8 Å². The molecule has 2 aromatic rings. The smallest absolute Gasteiger partial charge is 0.335 e. The standard InChI is InChI=1S/C15H13N3O5S/c1-2-5-18-13(21)9(12(20)17-15(18)24)7-16-10-6-8(14(22)23)3-4-11(10)19/h2-4,6-7,19,21H,1,5H2,(H,22,23)(H,17,20,24)/p-1. The molecule has 0 aliphatic heterocycles. The zero-order valence-electron chi connectivity index (χ0n) is 12.2. The number of nitrogens with zero attached hydrogens (tertiary/aromatic N) is 2. The number of carboxylic acids is 1. The van der Waals surface area contributed by atoms with E-state index in [4.69, 9.17) is 17.3 Å². The summed E-state index contributed by atoms with van der Waals surface area (Å²) in [6.45, 7) is 3.68. The van der Waals surface area contributed by atoms with Crippen molar-refractivity contribution in [3.8, 4) is 11.6 Å². The highest BCUT2D eigenvalue weighted by molar-refractivity contribution is 7.71. The minimum Gasteiger partial charge on any atom is -0.871 e. The number of nitrogens with one attached hydrogen (secondary N) is 1. The van der Waals surface area contributed by atoms with Crippen molar-refractivity contribution in [1.29, 1.82) is 0 Å². The number of aromatic nitrogens is 2. The van der Waals surface area contributed by atoms with Crippen molar-refractivity contribution in [2.24, 2.45) is 4.99 Å². The number of carboxylic acid groups (broad SMARTS) is 1. The Morgan fingerprint density at radius 1 is 1.50 bits per heavy atom. The minimum atomic E-state index is -1.22. The molecule has 0 amide bonds. The molecule has 9 heteroatoms. The van der Waals surface area contributed by atoms with Crippen LogP contribution in [0.25, 0.3) is 0 Å². The molecule has 3 N–H and O–H groups in total. The number of hydrogen-bond donors (Lipinski definition) is 3. The van der Waals surface area contributed by atoms with Crippen LogP contribution in [0.3, 0.4) is 0 Å². The van der Waals surface area contributed by atoms with Gasteiger partial charge in [0.05, 0.1) is 11.3 Å². The SMILES string of the molecule is C=CCn1c(O)c(C=Nc2cc(C(=O)O)ccc2[O-])c(=O)[nH]c1=S. The molecule has 0 saturated carbocycles. The molecule has 124 valence electrons. The summed E-state index contributed by atoms with van der Waals surface area (Å²) in [4.78, 5) is 29.0. The van der Waals surface area contributed by atoms with E-state index in [-0.39, 0.29) is 28.1 Å². The molecule has 2 rings (SSSR count). The van der Waals surface area contributed by atoms with E-state index < -0.39 is 23.2 Å². The quantitative estimate of drug-likeness (QED) is 0.425. The maximum Gasteiger partial charge on any atom is 0.335 e. The van der Waals surface area contributed by atoms with E-state index in [1.807, 2.05) is 0 Å². The third kappa shape index (κ3) is 3.41. The van der Waals surface area contributed by atoms with Gasteiger partial charge in [0, 0.05) is 12.8 Å². The van der Waals surface area contributed by atoms with Crippen molar-refractivity contribution in [1.82, 2.24) is 9.55 Å². The number of H-pyrrole nitrogens is 1. The third-order valence-corrected chi connectivity index (χ3v) is 3.38. The molecule has 0 fully saturated rings. The summed E-state index contributed by atoms with van der Waals surface area (Å²) < 4.78 is 1.23. The Bertz CT molecular complexity index is 959. The second kappa shape index (κ2) is 6.92. The third-order valence-electron chi connectivity index (χ3n) is 3.06. The molecule has 1 heterocycles. The number of allylic oxidation sites excluding steroid dienone is 1. The molecular weight excluding hydrogens is 334 g/mol. The molecule has 0 radical (unpaired) electrons. The van der Waals surface area contributed by atoms with E-state index in [1.54, 1.807) is 0 Å². The van der Waals surface area contributed by atoms with Gasteiger partial charge in [-0.1, -0.05) is 17.9 Å². The van der Waals surface area contributed by atoms with Crippen LogP contribution in [0.4, 0.5) is 5.69 Å². The van der Waals surface area contributed by atoms with Gasteiger partial charge in [-0.2, -0.15) is 0 Å². The molecule has 0 spiro atoms. The Morgan fingerprint density at radius 2 is 2.21 bits per heavy atom. The van der Waals surface area contributed by atoms with Crippen molar-refractivity contribution in [2.75, 3.05) is 0 Å². The topological polar surface area (TPSA) is 131 Å². The van der Waals surface area contributed by atoms with Crippen LogP contribution in [0.15, 0.2) is 40.6 Å². The molecule has 0 aliphatic carbocycles. The first-order valence-electron chi connectivity index (χ1n) is 6.60. The van der Waals surface area contributed by atoms with E-state index >= 15 is 0 Å². The Balaban J connectivity index is 2.54. The first-order chi connectivity index (χ1) is 11.3. The van der Waals surface area contributed by atoms with Crippen LogP contribution in [0.5, 0.6) is 11.6 Å². The number of rotatable bonds is 5. The van der Waals surface area contributed by atoms with E-state index in [0.29, 0.717) is 0 Å². The molecule has 8 nitrogen and oxygen atoms in total. The number of aromatic carboxylic acids is 1. The van der Waals surface area contributed by atoms with Crippen LogP contribution >= 0.6 is 12.2 Å². The number of benzene rings is 1. The summed E-state index contributed by atoms with van der Waals surface area (Å²) in [6, 6.07) is 3.29. The number of hydrogen-bond acceptors (Lipinski definition) is 6. The molecule has 1 aromatic carbocycles. The first kappa shape index (κ1) is 17.2. The highest BCUT2D eigenvalue weighted by atomic mass is 32.1. The Labute approximate surface area is 140 Å². The van der Waals surface area contributed by atoms with E-state index in [0.717, 1.165) is 24.4 Å². The van der Waals surface area contributed by atoms with Crippen molar-refractivity contribution >= 4 is 30.1 Å². The van der Waals surface area contributed by atoms with Crippen LogP contribution in [0.2, 0.25) is 0 Å². The second-order valence-corrected chi connectivity index (χ2v) is 5.03. The fraction of sp³-hybridized carbons (Fsp3) is 0.0667. The molecule has 0 bridgehead atoms. The maximum absolute atomic E-state index is 11.9. The second-order valence-electron chi connectivity index (χ2n) is 4.64. The van der Waals surface area contributed by atoms with Gasteiger partial charge in [0.1, 0.15) is 5.56 Å². The highest BCUT2D eigenvalue weighted by Gasteiger charge is 2.10. The van der Waals surface area contributed by atoms with Crippen molar-refractivity contribution < 1.29 is 20.1 Å². The Hall–Kier alpha value is -3.20. The van der Waals surface area contributed by atoms with Crippen LogP contribution in [0.1, 0.15) is 15.9 Å². The Morgan fingerprint density at radius 3 is 2.83 bits per heavy atom. The number of aliphatic imine (C=N–C) groups is 1. The predicted octanol–water partition coefficient (Wildman–Crippen LogP) is 1.32. The summed E-state index contributed by atoms with van der Waals surface area (Å²) in [7, 11) is 0. The van der Waals surface area contributed by atoms with Gasteiger partial charge in [0.15, 0.2) is 4.77 Å². The van der Waals surface area contributed by atoms with E-state index in [1.165, 1.54) is 10.6 Å². The van der Waals surface area contributed by atoms with Crippen LogP contribution < -0.4 is 10.7 Å². The van der Waals surface area contributed by atoms with Crippen LogP contribution in [0, 0.1) is 4.77 Å². The lowest BCUT2D eigenvalue weighted by molar-refractivity contribution is -0.267. The van der Waals surface area contributed by atoms with Gasteiger partial charge in [-0.05, 0) is 24.4 Å². The van der Waals surface area contributed by atoms with Crippen molar-refractivity contribution in [2.45, 2.75) is 6.54 Å². The first-order valence-corrected chi connectivity index (χ1v) is 7.01. The molecule has 0 aliphatic rings. The zero-order chi connectivity index (χ0) is 17.9. The predicted molar refractivity (Wildman–Crippen MR) is 87.8 cm³/mol. The minimum absolute atomic E-state index is 0.00642. The number of aromatic hydroxyl groups is 1. The van der Waals surface area contributed by atoms with Gasteiger partial charge in [-0.3, -0.25) is 19.3 Å².